The first-order valence-electron chi connectivity index (χ1n) is 6.77. The number of nitrogens with zero attached hydrogens (tertiary/aromatic N) is 2. The summed E-state index contributed by atoms with van der Waals surface area (Å²) in [4.78, 5) is 19.4. The number of ether oxygens (including phenoxy) is 1. The third-order valence-electron chi connectivity index (χ3n) is 2.85. The van der Waals surface area contributed by atoms with Crippen molar-refractivity contribution in [1.82, 2.24) is 9.97 Å². The van der Waals surface area contributed by atoms with Crippen molar-refractivity contribution in [2.24, 2.45) is 0 Å². The molecule has 1 aromatic heterocycles. The Morgan fingerprint density at radius 2 is 1.91 bits per heavy atom. The molecule has 0 saturated heterocycles. The second-order valence-corrected chi connectivity index (χ2v) is 4.61. The standard InChI is InChI=1S/C15H18N4O3/c1-10-17-13(16-7-8-22-2)9-14(18-10)19-12-5-3-11(4-6-12)15(20)21/h3-6,9H,7-8H2,1-2H3,(H,20,21)(H2,16,17,18,19). The minimum Gasteiger partial charge on any atom is -0.478 e. The molecule has 0 spiro atoms. The fourth-order valence-electron chi connectivity index (χ4n) is 1.85. The van der Waals surface area contributed by atoms with Gasteiger partial charge in [-0.1, -0.05) is 0 Å². The van der Waals surface area contributed by atoms with Crippen molar-refractivity contribution in [1.29, 1.82) is 0 Å². The highest BCUT2D eigenvalue weighted by molar-refractivity contribution is 5.88. The summed E-state index contributed by atoms with van der Waals surface area (Å²) < 4.78 is 4.98. The number of rotatable bonds is 7. The van der Waals surface area contributed by atoms with Gasteiger partial charge in [0.25, 0.3) is 0 Å². The van der Waals surface area contributed by atoms with Gasteiger partial charge < -0.3 is 20.5 Å². The molecule has 1 aromatic carbocycles. The van der Waals surface area contributed by atoms with Crippen molar-refractivity contribution in [3.05, 3.63) is 41.7 Å². The Labute approximate surface area is 128 Å². The Kier molecular flexibility index (Phi) is 5.26. The Bertz CT molecular complexity index is 644. The number of carbonyl (C=O) groups is 1. The van der Waals surface area contributed by atoms with Crippen LogP contribution < -0.4 is 10.6 Å². The fourth-order valence-corrected chi connectivity index (χ4v) is 1.85. The van der Waals surface area contributed by atoms with Crippen LogP contribution in [0.5, 0.6) is 0 Å². The van der Waals surface area contributed by atoms with Crippen LogP contribution in [0.25, 0.3) is 0 Å². The van der Waals surface area contributed by atoms with Gasteiger partial charge in [0.2, 0.25) is 0 Å². The first-order chi connectivity index (χ1) is 10.6. The van der Waals surface area contributed by atoms with E-state index in [2.05, 4.69) is 20.6 Å². The molecule has 0 aliphatic carbocycles. The number of aromatic nitrogens is 2. The van der Waals surface area contributed by atoms with Crippen LogP contribution in [0.15, 0.2) is 30.3 Å². The lowest BCUT2D eigenvalue weighted by atomic mass is 10.2. The molecule has 7 nitrogen and oxygen atoms in total. The highest BCUT2D eigenvalue weighted by Gasteiger charge is 2.04. The summed E-state index contributed by atoms with van der Waals surface area (Å²) in [5.74, 6) is 1.02. The average molecular weight is 302 g/mol. The van der Waals surface area contributed by atoms with Gasteiger partial charge in [-0.15, -0.1) is 0 Å². The topological polar surface area (TPSA) is 96.4 Å². The van der Waals surface area contributed by atoms with E-state index in [1.807, 2.05) is 0 Å². The van der Waals surface area contributed by atoms with Gasteiger partial charge in [-0.25, -0.2) is 14.8 Å². The summed E-state index contributed by atoms with van der Waals surface area (Å²) in [5, 5.41) is 15.2. The molecule has 0 radical (unpaired) electrons. The number of aromatic carboxylic acids is 1. The smallest absolute Gasteiger partial charge is 0.335 e. The predicted octanol–water partition coefficient (Wildman–Crippen LogP) is 2.29. The molecular formula is C15H18N4O3. The normalized spacial score (nSPS) is 10.3. The van der Waals surface area contributed by atoms with E-state index in [9.17, 15) is 4.79 Å². The third kappa shape index (κ3) is 4.42. The van der Waals surface area contributed by atoms with Crippen LogP contribution in [0.2, 0.25) is 0 Å². The Hall–Kier alpha value is -2.67. The zero-order chi connectivity index (χ0) is 15.9. The number of benzene rings is 1. The molecule has 0 atom stereocenters. The highest BCUT2D eigenvalue weighted by atomic mass is 16.5. The molecule has 0 aliphatic rings. The van der Waals surface area contributed by atoms with Gasteiger partial charge in [-0.05, 0) is 31.2 Å². The largest absolute Gasteiger partial charge is 0.478 e. The molecule has 0 fully saturated rings. The summed E-state index contributed by atoms with van der Waals surface area (Å²) in [5.41, 5.74) is 0.997. The molecule has 0 saturated carbocycles. The van der Waals surface area contributed by atoms with Crippen LogP contribution in [-0.4, -0.2) is 41.3 Å². The predicted molar refractivity (Wildman–Crippen MR) is 83.8 cm³/mol. The van der Waals surface area contributed by atoms with Gasteiger partial charge in [0.1, 0.15) is 17.5 Å². The summed E-state index contributed by atoms with van der Waals surface area (Å²) in [7, 11) is 1.64. The van der Waals surface area contributed by atoms with Crippen molar-refractivity contribution in [3.8, 4) is 0 Å². The first kappa shape index (κ1) is 15.7. The third-order valence-corrected chi connectivity index (χ3v) is 2.85. The Balaban J connectivity index is 2.09. The number of methoxy groups -OCH3 is 1. The maximum atomic E-state index is 10.8. The number of carboxylic acids is 1. The van der Waals surface area contributed by atoms with E-state index in [0.717, 1.165) is 5.69 Å². The lowest BCUT2D eigenvalue weighted by Gasteiger charge is -2.10. The molecular weight excluding hydrogens is 284 g/mol. The van der Waals surface area contributed by atoms with Gasteiger partial charge in [0.05, 0.1) is 12.2 Å². The van der Waals surface area contributed by atoms with Crippen LogP contribution in [0.1, 0.15) is 16.2 Å². The second-order valence-electron chi connectivity index (χ2n) is 4.61. The SMILES string of the molecule is COCCNc1cc(Nc2ccc(C(=O)O)cc2)nc(C)n1. The molecule has 22 heavy (non-hydrogen) atoms. The molecule has 116 valence electrons. The van der Waals surface area contributed by atoms with Crippen molar-refractivity contribution < 1.29 is 14.6 Å². The van der Waals surface area contributed by atoms with Crippen LogP contribution >= 0.6 is 0 Å². The monoisotopic (exact) mass is 302 g/mol. The summed E-state index contributed by atoms with van der Waals surface area (Å²) in [6.07, 6.45) is 0. The molecule has 3 N–H and O–H groups in total. The van der Waals surface area contributed by atoms with Crippen LogP contribution in [0.4, 0.5) is 17.3 Å². The number of carboxylic acid groups (broad SMARTS) is 1. The molecule has 2 rings (SSSR count). The summed E-state index contributed by atoms with van der Waals surface area (Å²) >= 11 is 0. The number of aryl methyl sites for hydroxylation is 1. The minimum absolute atomic E-state index is 0.242. The number of hydrogen-bond donors (Lipinski definition) is 3. The van der Waals surface area contributed by atoms with E-state index in [1.54, 1.807) is 32.2 Å². The molecule has 2 aromatic rings. The number of hydrogen-bond acceptors (Lipinski definition) is 6. The van der Waals surface area contributed by atoms with E-state index in [1.165, 1.54) is 12.1 Å². The fraction of sp³-hybridized carbons (Fsp3) is 0.267. The van der Waals surface area contributed by atoms with E-state index in [4.69, 9.17) is 9.84 Å². The van der Waals surface area contributed by atoms with Gasteiger partial charge in [0.15, 0.2) is 0 Å². The zero-order valence-electron chi connectivity index (χ0n) is 12.5. The maximum absolute atomic E-state index is 10.8. The summed E-state index contributed by atoms with van der Waals surface area (Å²) in [6.45, 7) is 3.04. The molecule has 0 aliphatic heterocycles. The van der Waals surface area contributed by atoms with Gasteiger partial charge in [-0.2, -0.15) is 0 Å². The molecule has 0 unspecified atom stereocenters. The van der Waals surface area contributed by atoms with E-state index in [-0.39, 0.29) is 5.56 Å². The van der Waals surface area contributed by atoms with Crippen LogP contribution in [0, 0.1) is 6.92 Å². The van der Waals surface area contributed by atoms with Crippen molar-refractivity contribution in [2.45, 2.75) is 6.92 Å². The highest BCUT2D eigenvalue weighted by Crippen LogP contribution is 2.18. The van der Waals surface area contributed by atoms with Crippen molar-refractivity contribution in [2.75, 3.05) is 30.9 Å². The zero-order valence-corrected chi connectivity index (χ0v) is 12.5. The van der Waals surface area contributed by atoms with E-state index >= 15 is 0 Å². The summed E-state index contributed by atoms with van der Waals surface area (Å²) in [6, 6.07) is 8.25. The minimum atomic E-state index is -0.950. The van der Waals surface area contributed by atoms with Crippen LogP contribution in [0.3, 0.4) is 0 Å². The van der Waals surface area contributed by atoms with Crippen molar-refractivity contribution in [3.63, 3.8) is 0 Å². The molecule has 0 amide bonds. The lowest BCUT2D eigenvalue weighted by molar-refractivity contribution is 0.0697. The molecule has 1 heterocycles. The Morgan fingerprint density at radius 1 is 1.23 bits per heavy atom. The molecule has 7 heteroatoms. The molecule has 0 bridgehead atoms. The maximum Gasteiger partial charge on any atom is 0.335 e. The number of anilines is 3. The lowest BCUT2D eigenvalue weighted by Crippen LogP contribution is -2.10. The van der Waals surface area contributed by atoms with E-state index in [0.29, 0.717) is 30.6 Å². The quantitative estimate of drug-likeness (QED) is 0.675. The van der Waals surface area contributed by atoms with Gasteiger partial charge in [0, 0.05) is 25.4 Å². The van der Waals surface area contributed by atoms with Crippen molar-refractivity contribution >= 4 is 23.3 Å². The number of nitrogens with one attached hydrogen (secondary N) is 2. The second kappa shape index (κ2) is 7.37. The van der Waals surface area contributed by atoms with Crippen LogP contribution in [-0.2, 0) is 4.74 Å². The van der Waals surface area contributed by atoms with E-state index < -0.39 is 5.97 Å². The van der Waals surface area contributed by atoms with Gasteiger partial charge >= 0.3 is 5.97 Å². The van der Waals surface area contributed by atoms with Gasteiger partial charge in [-0.3, -0.25) is 0 Å². The Morgan fingerprint density at radius 3 is 2.55 bits per heavy atom. The first-order valence-corrected chi connectivity index (χ1v) is 6.77. The average Bonchev–Trinajstić information content (AvgIpc) is 2.47.